The van der Waals surface area contributed by atoms with Gasteiger partial charge in [0.2, 0.25) is 0 Å². The van der Waals surface area contributed by atoms with Crippen molar-refractivity contribution in [2.45, 2.75) is 19.6 Å². The van der Waals surface area contributed by atoms with E-state index in [-0.39, 0.29) is 36.2 Å². The molecule has 1 aliphatic rings. The molecule has 0 spiro atoms. The molecule has 0 bridgehead atoms. The molecular weight excluding hydrogens is 348 g/mol. The normalized spacial score (nSPS) is 17.0. The van der Waals surface area contributed by atoms with Crippen LogP contribution in [0.4, 0.5) is 14.5 Å². The molecule has 2 aromatic rings. The zero-order valence-electron chi connectivity index (χ0n) is 12.0. The number of aromatic nitrogens is 2. The minimum Gasteiger partial charge on any atom is -0.433 e. The minimum absolute atomic E-state index is 0. The number of carbonyl (C=O) groups excluding carboxylic acids is 1. The van der Waals surface area contributed by atoms with Crippen LogP contribution in [0, 0.1) is 0 Å². The lowest BCUT2D eigenvalue weighted by molar-refractivity contribution is -0.0497. The van der Waals surface area contributed by atoms with Crippen molar-refractivity contribution in [3.05, 3.63) is 41.2 Å². The molecule has 0 N–H and O–H groups in total. The van der Waals surface area contributed by atoms with Crippen LogP contribution >= 0.6 is 25.1 Å². The Morgan fingerprint density at radius 3 is 2.83 bits per heavy atom. The van der Waals surface area contributed by atoms with Crippen LogP contribution < -0.4 is 9.64 Å². The van der Waals surface area contributed by atoms with Crippen LogP contribution in [0.5, 0.6) is 5.75 Å². The maximum Gasteiger partial charge on any atom is 0.387 e. The van der Waals surface area contributed by atoms with Crippen molar-refractivity contribution in [3.8, 4) is 5.75 Å². The molecule has 0 fully saturated rings. The highest BCUT2D eigenvalue weighted by Gasteiger charge is 2.30. The highest BCUT2D eigenvalue weighted by Crippen LogP contribution is 2.33. The first-order chi connectivity index (χ1) is 10.5. The number of nitrogens with zero attached hydrogens (tertiary/aromatic N) is 3. The molecule has 0 aliphatic carbocycles. The van der Waals surface area contributed by atoms with Crippen molar-refractivity contribution in [1.82, 2.24) is 9.78 Å². The summed E-state index contributed by atoms with van der Waals surface area (Å²) < 4.78 is 30.8. The van der Waals surface area contributed by atoms with Crippen LogP contribution in [0.2, 0.25) is 5.02 Å². The number of hydrogen-bond donors (Lipinski definition) is 0. The molecule has 0 saturated heterocycles. The zero-order valence-corrected chi connectivity index (χ0v) is 13.8. The molecular formula is C14H14ClF2N3O2S. The third kappa shape index (κ3) is 3.28. The first kappa shape index (κ1) is 17.6. The van der Waals surface area contributed by atoms with Gasteiger partial charge in [-0.25, -0.2) is 0 Å². The number of hydrogen-bond acceptors (Lipinski definition) is 3. The average molecular weight is 362 g/mol. The van der Waals surface area contributed by atoms with E-state index in [9.17, 15) is 13.6 Å². The number of fused-ring (bicyclic) bond motifs is 1. The SMILES string of the molecule is C[C@H]1CN(c2ccc(Cl)c(OC(F)F)c2)C(=O)c2ccnn21.S. The summed E-state index contributed by atoms with van der Waals surface area (Å²) in [6.45, 7) is -0.684. The fraction of sp³-hybridized carbons (Fsp3) is 0.286. The molecule has 1 atom stereocenters. The van der Waals surface area contributed by atoms with E-state index in [2.05, 4.69) is 9.84 Å². The van der Waals surface area contributed by atoms with Gasteiger partial charge in [0.15, 0.2) is 0 Å². The summed E-state index contributed by atoms with van der Waals surface area (Å²) in [5, 5.41) is 4.17. The van der Waals surface area contributed by atoms with Gasteiger partial charge in [-0.2, -0.15) is 27.4 Å². The molecule has 1 aromatic heterocycles. The maximum absolute atomic E-state index is 12.5. The number of rotatable bonds is 3. The van der Waals surface area contributed by atoms with E-state index in [0.29, 0.717) is 17.9 Å². The van der Waals surface area contributed by atoms with E-state index in [1.807, 2.05) is 6.92 Å². The number of halogens is 3. The molecule has 5 nitrogen and oxygen atoms in total. The lowest BCUT2D eigenvalue weighted by Gasteiger charge is -2.32. The highest BCUT2D eigenvalue weighted by atomic mass is 35.5. The second-order valence-corrected chi connectivity index (χ2v) is 5.33. The molecule has 124 valence electrons. The van der Waals surface area contributed by atoms with Gasteiger partial charge in [0, 0.05) is 24.5 Å². The van der Waals surface area contributed by atoms with Gasteiger partial charge in [-0.15, -0.1) is 0 Å². The van der Waals surface area contributed by atoms with Crippen LogP contribution in [-0.4, -0.2) is 28.8 Å². The van der Waals surface area contributed by atoms with Gasteiger partial charge in [-0.3, -0.25) is 9.48 Å². The van der Waals surface area contributed by atoms with Crippen LogP contribution in [0.3, 0.4) is 0 Å². The molecule has 23 heavy (non-hydrogen) atoms. The van der Waals surface area contributed by atoms with Gasteiger partial charge in [0.1, 0.15) is 11.4 Å². The molecule has 0 saturated carbocycles. The Kier molecular flexibility index (Phi) is 5.16. The first-order valence-electron chi connectivity index (χ1n) is 6.57. The van der Waals surface area contributed by atoms with E-state index in [4.69, 9.17) is 11.6 Å². The fourth-order valence-electron chi connectivity index (χ4n) is 2.47. The summed E-state index contributed by atoms with van der Waals surface area (Å²) in [6.07, 6.45) is 1.56. The standard InChI is InChI=1S/C14H12ClF2N3O2.H2S/c1-8-7-19(13(21)11-4-5-18-20(8)11)9-2-3-10(15)12(6-9)22-14(16)17;/h2-6,8,14H,7H2,1H3;1H2/t8-;/m0./s1. The Hall–Kier alpha value is -1.80. The molecule has 0 radical (unpaired) electrons. The van der Waals surface area contributed by atoms with E-state index in [1.54, 1.807) is 23.0 Å². The Morgan fingerprint density at radius 2 is 2.13 bits per heavy atom. The summed E-state index contributed by atoms with van der Waals surface area (Å²) >= 11 is 5.83. The minimum atomic E-state index is -2.98. The van der Waals surface area contributed by atoms with E-state index in [0.717, 1.165) is 0 Å². The van der Waals surface area contributed by atoms with Gasteiger partial charge in [-0.05, 0) is 25.1 Å². The second-order valence-electron chi connectivity index (χ2n) is 4.92. The summed E-state index contributed by atoms with van der Waals surface area (Å²) in [5.74, 6) is -0.408. The van der Waals surface area contributed by atoms with Crippen molar-refractivity contribution < 1.29 is 18.3 Å². The Balaban J connectivity index is 0.00000192. The lowest BCUT2D eigenvalue weighted by atomic mass is 10.1. The van der Waals surface area contributed by atoms with E-state index < -0.39 is 6.61 Å². The van der Waals surface area contributed by atoms with Gasteiger partial charge < -0.3 is 9.64 Å². The number of amides is 1. The number of ether oxygens (including phenoxy) is 1. The van der Waals surface area contributed by atoms with Crippen LogP contribution in [0.15, 0.2) is 30.5 Å². The molecule has 9 heteroatoms. The van der Waals surface area contributed by atoms with Crippen molar-refractivity contribution >= 4 is 36.7 Å². The van der Waals surface area contributed by atoms with Crippen LogP contribution in [0.1, 0.15) is 23.5 Å². The summed E-state index contributed by atoms with van der Waals surface area (Å²) in [4.78, 5) is 14.0. The third-order valence-electron chi connectivity index (χ3n) is 3.44. The van der Waals surface area contributed by atoms with Crippen LogP contribution in [0.25, 0.3) is 0 Å². The number of carbonyl (C=O) groups is 1. The number of benzene rings is 1. The second kappa shape index (κ2) is 6.76. The Labute approximate surface area is 143 Å². The van der Waals surface area contributed by atoms with E-state index >= 15 is 0 Å². The lowest BCUT2D eigenvalue weighted by Crippen LogP contribution is -2.42. The zero-order chi connectivity index (χ0) is 15.9. The number of alkyl halides is 2. The quantitative estimate of drug-likeness (QED) is 0.841. The maximum atomic E-state index is 12.5. The monoisotopic (exact) mass is 361 g/mol. The Morgan fingerprint density at radius 1 is 1.39 bits per heavy atom. The fourth-order valence-corrected chi connectivity index (χ4v) is 2.63. The predicted octanol–water partition coefficient (Wildman–Crippen LogP) is 3.47. The topological polar surface area (TPSA) is 47.4 Å². The summed E-state index contributed by atoms with van der Waals surface area (Å²) in [7, 11) is 0. The van der Waals surface area contributed by atoms with Gasteiger partial charge >= 0.3 is 6.61 Å². The van der Waals surface area contributed by atoms with Gasteiger partial charge in [0.25, 0.3) is 5.91 Å². The molecule has 3 rings (SSSR count). The van der Waals surface area contributed by atoms with Crippen LogP contribution in [-0.2, 0) is 0 Å². The van der Waals surface area contributed by atoms with E-state index in [1.165, 1.54) is 17.0 Å². The molecule has 1 aliphatic heterocycles. The highest BCUT2D eigenvalue weighted by molar-refractivity contribution is 7.59. The van der Waals surface area contributed by atoms with Gasteiger partial charge in [0.05, 0.1) is 11.1 Å². The summed E-state index contributed by atoms with van der Waals surface area (Å²) in [6, 6.07) is 5.95. The first-order valence-corrected chi connectivity index (χ1v) is 6.95. The molecule has 1 aromatic carbocycles. The van der Waals surface area contributed by atoms with Crippen molar-refractivity contribution in [2.75, 3.05) is 11.4 Å². The smallest absolute Gasteiger partial charge is 0.387 e. The molecule has 2 heterocycles. The van der Waals surface area contributed by atoms with Crippen molar-refractivity contribution in [3.63, 3.8) is 0 Å². The summed E-state index contributed by atoms with van der Waals surface area (Å²) in [5.41, 5.74) is 0.898. The Bertz CT molecular complexity index is 726. The average Bonchev–Trinajstić information content (AvgIpc) is 2.95. The third-order valence-corrected chi connectivity index (χ3v) is 3.75. The van der Waals surface area contributed by atoms with Crippen molar-refractivity contribution in [2.24, 2.45) is 0 Å². The van der Waals surface area contributed by atoms with Gasteiger partial charge in [-0.1, -0.05) is 11.6 Å². The largest absolute Gasteiger partial charge is 0.433 e. The number of anilines is 1. The van der Waals surface area contributed by atoms with Crippen molar-refractivity contribution in [1.29, 1.82) is 0 Å². The molecule has 1 amide bonds. The predicted molar refractivity (Wildman–Crippen MR) is 87.1 cm³/mol. The molecule has 0 unspecified atom stereocenters.